The number of nitrogens with one attached hydrogen (secondary N) is 1. The average molecular weight is 209 g/mol. The molecule has 0 aliphatic carbocycles. The van der Waals surface area contributed by atoms with Gasteiger partial charge in [0.2, 0.25) is 0 Å². The van der Waals surface area contributed by atoms with E-state index in [2.05, 4.69) is 35.8 Å². The highest BCUT2D eigenvalue weighted by Crippen LogP contribution is 2.02. The molecule has 3 nitrogen and oxygen atoms in total. The van der Waals surface area contributed by atoms with Gasteiger partial charge in [0.15, 0.2) is 0 Å². The Morgan fingerprint density at radius 1 is 1.40 bits per heavy atom. The first-order valence-corrected chi connectivity index (χ1v) is 5.86. The Hall–Kier alpha value is -0.830. The van der Waals surface area contributed by atoms with E-state index in [9.17, 15) is 0 Å². The van der Waals surface area contributed by atoms with Gasteiger partial charge in [-0.2, -0.15) is 0 Å². The zero-order chi connectivity index (χ0) is 11.1. The molecular weight excluding hydrogens is 186 g/mol. The smallest absolute Gasteiger partial charge is 0.0945 e. The van der Waals surface area contributed by atoms with Gasteiger partial charge in [0.05, 0.1) is 6.33 Å². The lowest BCUT2D eigenvalue weighted by atomic mass is 10.2. The third-order valence-electron chi connectivity index (χ3n) is 2.51. The minimum atomic E-state index is 0.752. The molecule has 0 atom stereocenters. The summed E-state index contributed by atoms with van der Waals surface area (Å²) in [6.07, 6.45) is 7.45. The van der Waals surface area contributed by atoms with Crippen molar-refractivity contribution in [1.29, 1.82) is 0 Å². The van der Waals surface area contributed by atoms with E-state index in [4.69, 9.17) is 0 Å². The normalized spacial score (nSPS) is 11.2. The number of nitrogens with zero attached hydrogens (tertiary/aromatic N) is 2. The van der Waals surface area contributed by atoms with Crippen LogP contribution < -0.4 is 5.32 Å². The van der Waals surface area contributed by atoms with Gasteiger partial charge in [-0.1, -0.05) is 13.8 Å². The maximum Gasteiger partial charge on any atom is 0.0945 e. The lowest BCUT2D eigenvalue weighted by Crippen LogP contribution is -2.20. The van der Waals surface area contributed by atoms with Gasteiger partial charge in [-0.25, -0.2) is 4.98 Å². The average Bonchev–Trinajstić information content (AvgIpc) is 2.57. The molecule has 1 N–H and O–H groups in total. The SMILES string of the molecule is CC(C)CNCCCCc1cncn1C. The third kappa shape index (κ3) is 4.98. The lowest BCUT2D eigenvalue weighted by molar-refractivity contribution is 0.533. The van der Waals surface area contributed by atoms with Gasteiger partial charge in [0, 0.05) is 18.9 Å². The van der Waals surface area contributed by atoms with E-state index >= 15 is 0 Å². The number of unbranched alkanes of at least 4 members (excludes halogenated alkanes) is 1. The summed E-state index contributed by atoms with van der Waals surface area (Å²) in [4.78, 5) is 4.11. The molecule has 15 heavy (non-hydrogen) atoms. The molecule has 0 spiro atoms. The molecule has 1 aromatic heterocycles. The van der Waals surface area contributed by atoms with E-state index in [1.807, 2.05) is 12.5 Å². The topological polar surface area (TPSA) is 29.9 Å². The van der Waals surface area contributed by atoms with Gasteiger partial charge in [-0.3, -0.25) is 0 Å². The fourth-order valence-corrected chi connectivity index (χ4v) is 1.57. The summed E-state index contributed by atoms with van der Waals surface area (Å²) in [5, 5.41) is 3.46. The van der Waals surface area contributed by atoms with Crippen molar-refractivity contribution in [2.45, 2.75) is 33.1 Å². The van der Waals surface area contributed by atoms with Crippen molar-refractivity contribution in [2.75, 3.05) is 13.1 Å². The number of aryl methyl sites for hydroxylation is 2. The molecule has 0 radical (unpaired) electrons. The van der Waals surface area contributed by atoms with Crippen LogP contribution in [-0.4, -0.2) is 22.6 Å². The molecule has 86 valence electrons. The highest BCUT2D eigenvalue weighted by molar-refractivity contribution is 4.97. The monoisotopic (exact) mass is 209 g/mol. The van der Waals surface area contributed by atoms with Gasteiger partial charge < -0.3 is 9.88 Å². The summed E-state index contributed by atoms with van der Waals surface area (Å²) < 4.78 is 2.10. The predicted octanol–water partition coefficient (Wildman–Crippen LogP) is 1.99. The first-order valence-electron chi connectivity index (χ1n) is 5.86. The molecular formula is C12H23N3. The number of hydrogen-bond acceptors (Lipinski definition) is 2. The van der Waals surface area contributed by atoms with Gasteiger partial charge in [0.1, 0.15) is 0 Å². The molecule has 1 heterocycles. The lowest BCUT2D eigenvalue weighted by Gasteiger charge is -2.07. The molecule has 3 heteroatoms. The predicted molar refractivity (Wildman–Crippen MR) is 63.9 cm³/mol. The fourth-order valence-electron chi connectivity index (χ4n) is 1.57. The number of rotatable bonds is 7. The second kappa shape index (κ2) is 6.62. The fraction of sp³-hybridized carbons (Fsp3) is 0.750. The minimum Gasteiger partial charge on any atom is -0.338 e. The Balaban J connectivity index is 2.00. The van der Waals surface area contributed by atoms with Crippen LogP contribution in [0.2, 0.25) is 0 Å². The zero-order valence-corrected chi connectivity index (χ0v) is 10.2. The summed E-state index contributed by atoms with van der Waals surface area (Å²) in [6.45, 7) is 6.74. The van der Waals surface area contributed by atoms with Crippen LogP contribution in [-0.2, 0) is 13.5 Å². The summed E-state index contributed by atoms with van der Waals surface area (Å²) >= 11 is 0. The van der Waals surface area contributed by atoms with Crippen LogP contribution in [0.3, 0.4) is 0 Å². The zero-order valence-electron chi connectivity index (χ0n) is 10.2. The Morgan fingerprint density at radius 3 is 2.80 bits per heavy atom. The van der Waals surface area contributed by atoms with Crippen molar-refractivity contribution in [3.8, 4) is 0 Å². The number of hydrogen-bond donors (Lipinski definition) is 1. The van der Waals surface area contributed by atoms with E-state index in [0.717, 1.165) is 25.4 Å². The molecule has 1 rings (SSSR count). The van der Waals surface area contributed by atoms with E-state index in [1.165, 1.54) is 18.5 Å². The quantitative estimate of drug-likeness (QED) is 0.696. The molecule has 1 aromatic rings. The van der Waals surface area contributed by atoms with Gasteiger partial charge in [-0.05, 0) is 38.3 Å². The van der Waals surface area contributed by atoms with Crippen LogP contribution in [0.25, 0.3) is 0 Å². The third-order valence-corrected chi connectivity index (χ3v) is 2.51. The van der Waals surface area contributed by atoms with E-state index in [0.29, 0.717) is 0 Å². The Kier molecular flexibility index (Phi) is 5.40. The maximum absolute atomic E-state index is 4.11. The highest BCUT2D eigenvalue weighted by Gasteiger charge is 1.98. The van der Waals surface area contributed by atoms with Crippen molar-refractivity contribution in [3.63, 3.8) is 0 Å². The summed E-state index contributed by atoms with van der Waals surface area (Å²) in [5.74, 6) is 0.752. The molecule has 0 unspecified atom stereocenters. The minimum absolute atomic E-state index is 0.752. The second-order valence-corrected chi connectivity index (χ2v) is 4.55. The number of imidazole rings is 1. The number of aromatic nitrogens is 2. The molecule has 0 saturated carbocycles. The molecule has 0 aliphatic heterocycles. The highest BCUT2D eigenvalue weighted by atomic mass is 15.0. The molecule has 0 aliphatic rings. The van der Waals surface area contributed by atoms with Crippen LogP contribution in [0.5, 0.6) is 0 Å². The Morgan fingerprint density at radius 2 is 2.20 bits per heavy atom. The van der Waals surface area contributed by atoms with Crippen molar-refractivity contribution in [3.05, 3.63) is 18.2 Å². The van der Waals surface area contributed by atoms with Gasteiger partial charge in [-0.15, -0.1) is 0 Å². The summed E-state index contributed by atoms with van der Waals surface area (Å²) in [7, 11) is 2.05. The molecule has 0 saturated heterocycles. The van der Waals surface area contributed by atoms with Crippen molar-refractivity contribution in [1.82, 2.24) is 14.9 Å². The first kappa shape index (κ1) is 12.2. The van der Waals surface area contributed by atoms with Crippen LogP contribution in [0.15, 0.2) is 12.5 Å². The Labute approximate surface area is 92.9 Å². The van der Waals surface area contributed by atoms with Crippen LogP contribution in [0, 0.1) is 5.92 Å². The second-order valence-electron chi connectivity index (χ2n) is 4.55. The van der Waals surface area contributed by atoms with E-state index in [1.54, 1.807) is 0 Å². The van der Waals surface area contributed by atoms with Crippen LogP contribution in [0.4, 0.5) is 0 Å². The summed E-state index contributed by atoms with van der Waals surface area (Å²) in [6, 6.07) is 0. The van der Waals surface area contributed by atoms with Crippen LogP contribution >= 0.6 is 0 Å². The van der Waals surface area contributed by atoms with E-state index in [-0.39, 0.29) is 0 Å². The van der Waals surface area contributed by atoms with Crippen molar-refractivity contribution < 1.29 is 0 Å². The molecule has 0 amide bonds. The standard InChI is InChI=1S/C12H23N3/c1-11(2)8-13-7-5-4-6-12-9-14-10-15(12)3/h9-11,13H,4-8H2,1-3H3. The van der Waals surface area contributed by atoms with Crippen molar-refractivity contribution in [2.24, 2.45) is 13.0 Å². The maximum atomic E-state index is 4.11. The van der Waals surface area contributed by atoms with Gasteiger partial charge >= 0.3 is 0 Å². The summed E-state index contributed by atoms with van der Waals surface area (Å²) in [5.41, 5.74) is 1.33. The van der Waals surface area contributed by atoms with Gasteiger partial charge in [0.25, 0.3) is 0 Å². The molecule has 0 bridgehead atoms. The van der Waals surface area contributed by atoms with Crippen molar-refractivity contribution >= 4 is 0 Å². The van der Waals surface area contributed by atoms with Crippen LogP contribution in [0.1, 0.15) is 32.4 Å². The molecule has 0 aromatic carbocycles. The first-order chi connectivity index (χ1) is 7.20. The molecule has 0 fully saturated rings. The Bertz CT molecular complexity index is 266. The van der Waals surface area contributed by atoms with E-state index < -0.39 is 0 Å². The largest absolute Gasteiger partial charge is 0.338 e.